The van der Waals surface area contributed by atoms with Gasteiger partial charge in [0.25, 0.3) is 0 Å². The van der Waals surface area contributed by atoms with Crippen LogP contribution in [-0.4, -0.2) is 36.5 Å². The molecule has 1 amide bonds. The molecule has 0 atom stereocenters. The molecule has 0 aromatic heterocycles. The highest BCUT2D eigenvalue weighted by Crippen LogP contribution is 2.51. The standard InChI is InChI=1S/C14H26N2OS/c1-11(2)14(5-6-14)10-16-13(17)9-18-12-3-7-15-8-4-12/h11-12,15H,3-10H2,1-2H3,(H,16,17). The van der Waals surface area contributed by atoms with Crippen molar-refractivity contribution < 1.29 is 4.79 Å². The zero-order valence-corrected chi connectivity index (χ0v) is 12.4. The first-order chi connectivity index (χ1) is 8.62. The van der Waals surface area contributed by atoms with Crippen LogP contribution in [0.1, 0.15) is 39.5 Å². The Bertz CT molecular complexity index is 284. The summed E-state index contributed by atoms with van der Waals surface area (Å²) in [6.07, 6.45) is 4.97. The van der Waals surface area contributed by atoms with E-state index in [1.807, 2.05) is 11.8 Å². The van der Waals surface area contributed by atoms with Gasteiger partial charge in [0, 0.05) is 11.8 Å². The summed E-state index contributed by atoms with van der Waals surface area (Å²) in [7, 11) is 0. The van der Waals surface area contributed by atoms with Gasteiger partial charge in [-0.3, -0.25) is 4.79 Å². The van der Waals surface area contributed by atoms with Crippen LogP contribution in [0.25, 0.3) is 0 Å². The molecular weight excluding hydrogens is 244 g/mol. The average molecular weight is 270 g/mol. The summed E-state index contributed by atoms with van der Waals surface area (Å²) < 4.78 is 0. The van der Waals surface area contributed by atoms with Crippen molar-refractivity contribution in [1.82, 2.24) is 10.6 Å². The molecule has 2 N–H and O–H groups in total. The molecule has 0 bridgehead atoms. The molecule has 1 heterocycles. The number of hydrogen-bond acceptors (Lipinski definition) is 3. The largest absolute Gasteiger partial charge is 0.355 e. The lowest BCUT2D eigenvalue weighted by Crippen LogP contribution is -2.35. The monoisotopic (exact) mass is 270 g/mol. The first-order valence-electron chi connectivity index (χ1n) is 7.21. The minimum Gasteiger partial charge on any atom is -0.355 e. The first kappa shape index (κ1) is 14.2. The summed E-state index contributed by atoms with van der Waals surface area (Å²) in [5.41, 5.74) is 0.426. The summed E-state index contributed by atoms with van der Waals surface area (Å²) in [6, 6.07) is 0. The molecule has 2 rings (SSSR count). The van der Waals surface area contributed by atoms with Crippen LogP contribution in [0.2, 0.25) is 0 Å². The maximum absolute atomic E-state index is 11.8. The van der Waals surface area contributed by atoms with Gasteiger partial charge in [-0.1, -0.05) is 13.8 Å². The zero-order valence-electron chi connectivity index (χ0n) is 11.6. The minimum atomic E-state index is 0.227. The number of amides is 1. The third-order valence-electron chi connectivity index (χ3n) is 4.49. The molecule has 0 unspecified atom stereocenters. The molecule has 1 aliphatic heterocycles. The van der Waals surface area contributed by atoms with Crippen LogP contribution in [0.15, 0.2) is 0 Å². The molecule has 1 aliphatic carbocycles. The third kappa shape index (κ3) is 3.89. The second kappa shape index (κ2) is 6.29. The number of piperidine rings is 1. The Labute approximate surface area is 115 Å². The van der Waals surface area contributed by atoms with Crippen LogP contribution < -0.4 is 10.6 Å². The second-order valence-electron chi connectivity index (χ2n) is 6.05. The van der Waals surface area contributed by atoms with Crippen molar-refractivity contribution in [3.8, 4) is 0 Å². The Morgan fingerprint density at radius 1 is 1.39 bits per heavy atom. The molecular formula is C14H26N2OS. The van der Waals surface area contributed by atoms with E-state index in [0.29, 0.717) is 22.3 Å². The fourth-order valence-corrected chi connectivity index (χ4v) is 3.66. The van der Waals surface area contributed by atoms with Crippen LogP contribution in [0.5, 0.6) is 0 Å². The Morgan fingerprint density at radius 2 is 2.06 bits per heavy atom. The fourth-order valence-electron chi connectivity index (χ4n) is 2.60. The van der Waals surface area contributed by atoms with Crippen LogP contribution in [0.4, 0.5) is 0 Å². The molecule has 4 heteroatoms. The van der Waals surface area contributed by atoms with Gasteiger partial charge < -0.3 is 10.6 Å². The Balaban J connectivity index is 1.60. The highest BCUT2D eigenvalue weighted by atomic mass is 32.2. The van der Waals surface area contributed by atoms with Crippen molar-refractivity contribution in [2.75, 3.05) is 25.4 Å². The molecule has 3 nitrogen and oxygen atoms in total. The van der Waals surface area contributed by atoms with E-state index in [-0.39, 0.29) is 5.91 Å². The van der Waals surface area contributed by atoms with Crippen LogP contribution >= 0.6 is 11.8 Å². The van der Waals surface area contributed by atoms with Crippen LogP contribution in [0, 0.1) is 11.3 Å². The van der Waals surface area contributed by atoms with Gasteiger partial charge in [-0.25, -0.2) is 0 Å². The molecule has 18 heavy (non-hydrogen) atoms. The lowest BCUT2D eigenvalue weighted by molar-refractivity contribution is -0.118. The van der Waals surface area contributed by atoms with Crippen LogP contribution in [-0.2, 0) is 4.79 Å². The van der Waals surface area contributed by atoms with Crippen molar-refractivity contribution in [3.63, 3.8) is 0 Å². The Morgan fingerprint density at radius 3 is 2.61 bits per heavy atom. The van der Waals surface area contributed by atoms with Gasteiger partial charge in [-0.05, 0) is 50.1 Å². The van der Waals surface area contributed by atoms with Crippen molar-refractivity contribution in [2.24, 2.45) is 11.3 Å². The van der Waals surface area contributed by atoms with Crippen molar-refractivity contribution in [2.45, 2.75) is 44.8 Å². The molecule has 2 fully saturated rings. The Hall–Kier alpha value is -0.220. The molecule has 0 radical (unpaired) electrons. The number of carbonyl (C=O) groups excluding carboxylic acids is 1. The summed E-state index contributed by atoms with van der Waals surface area (Å²) in [5, 5.41) is 7.16. The van der Waals surface area contributed by atoms with Crippen molar-refractivity contribution in [3.05, 3.63) is 0 Å². The van der Waals surface area contributed by atoms with E-state index in [1.54, 1.807) is 0 Å². The quantitative estimate of drug-likeness (QED) is 0.776. The van der Waals surface area contributed by atoms with E-state index < -0.39 is 0 Å². The molecule has 1 saturated heterocycles. The molecule has 0 spiro atoms. The maximum atomic E-state index is 11.8. The smallest absolute Gasteiger partial charge is 0.230 e. The van der Waals surface area contributed by atoms with E-state index >= 15 is 0 Å². The van der Waals surface area contributed by atoms with Crippen molar-refractivity contribution in [1.29, 1.82) is 0 Å². The lowest BCUT2D eigenvalue weighted by atomic mass is 9.92. The SMILES string of the molecule is CC(C)C1(CNC(=O)CSC2CCNCC2)CC1. The summed E-state index contributed by atoms with van der Waals surface area (Å²) in [6.45, 7) is 7.63. The molecule has 0 aromatic rings. The number of thioether (sulfide) groups is 1. The number of nitrogens with one attached hydrogen (secondary N) is 2. The highest BCUT2D eigenvalue weighted by molar-refractivity contribution is 8.00. The second-order valence-corrected chi connectivity index (χ2v) is 7.34. The van der Waals surface area contributed by atoms with E-state index in [4.69, 9.17) is 0 Å². The van der Waals surface area contributed by atoms with E-state index in [1.165, 1.54) is 25.7 Å². The topological polar surface area (TPSA) is 41.1 Å². The normalized spacial score (nSPS) is 23.1. The van der Waals surface area contributed by atoms with Gasteiger partial charge >= 0.3 is 0 Å². The van der Waals surface area contributed by atoms with Gasteiger partial charge in [-0.15, -0.1) is 11.8 Å². The third-order valence-corrected chi connectivity index (χ3v) is 5.86. The van der Waals surface area contributed by atoms with Crippen molar-refractivity contribution >= 4 is 17.7 Å². The maximum Gasteiger partial charge on any atom is 0.230 e. The summed E-state index contributed by atoms with van der Waals surface area (Å²) >= 11 is 1.83. The number of hydrogen-bond donors (Lipinski definition) is 2. The average Bonchev–Trinajstić information content (AvgIpc) is 3.16. The minimum absolute atomic E-state index is 0.227. The van der Waals surface area contributed by atoms with E-state index in [9.17, 15) is 4.79 Å². The van der Waals surface area contributed by atoms with Crippen LogP contribution in [0.3, 0.4) is 0 Å². The van der Waals surface area contributed by atoms with Gasteiger partial charge in [0.2, 0.25) is 5.91 Å². The summed E-state index contributed by atoms with van der Waals surface area (Å²) in [4.78, 5) is 11.8. The molecule has 2 aliphatic rings. The molecule has 0 aromatic carbocycles. The van der Waals surface area contributed by atoms with E-state index in [0.717, 1.165) is 19.6 Å². The predicted molar refractivity (Wildman–Crippen MR) is 77.9 cm³/mol. The summed E-state index contributed by atoms with van der Waals surface area (Å²) in [5.74, 6) is 1.55. The van der Waals surface area contributed by atoms with E-state index in [2.05, 4.69) is 24.5 Å². The van der Waals surface area contributed by atoms with Gasteiger partial charge in [0.15, 0.2) is 0 Å². The molecule has 104 valence electrons. The highest BCUT2D eigenvalue weighted by Gasteiger charge is 2.45. The van der Waals surface area contributed by atoms with Gasteiger partial charge in [0.05, 0.1) is 5.75 Å². The zero-order chi connectivity index (χ0) is 13.0. The Kier molecular flexibility index (Phi) is 4.96. The predicted octanol–water partition coefficient (Wildman–Crippen LogP) is 2.02. The molecule has 1 saturated carbocycles. The van der Waals surface area contributed by atoms with Gasteiger partial charge in [0.1, 0.15) is 0 Å². The number of carbonyl (C=O) groups is 1. The number of rotatable bonds is 6. The van der Waals surface area contributed by atoms with Gasteiger partial charge in [-0.2, -0.15) is 0 Å². The first-order valence-corrected chi connectivity index (χ1v) is 8.26. The lowest BCUT2D eigenvalue weighted by Gasteiger charge is -2.23. The fraction of sp³-hybridized carbons (Fsp3) is 0.929.